The van der Waals surface area contributed by atoms with Crippen LogP contribution < -0.4 is 10.6 Å². The summed E-state index contributed by atoms with van der Waals surface area (Å²) in [6, 6.07) is 23.5. The number of carbonyl (C=O) groups is 1. The molecule has 1 amide bonds. The molecule has 4 nitrogen and oxygen atoms in total. The van der Waals surface area contributed by atoms with Crippen LogP contribution in [0.5, 0.6) is 0 Å². The highest BCUT2D eigenvalue weighted by atomic mass is 19.1. The monoisotopic (exact) mass is 417 g/mol. The van der Waals surface area contributed by atoms with E-state index < -0.39 is 6.04 Å². The van der Waals surface area contributed by atoms with Crippen molar-refractivity contribution < 1.29 is 9.18 Å². The fourth-order valence-corrected chi connectivity index (χ4v) is 3.94. The standard InChI is InChI=1S/C26H28FN3O/c27-23-12-14-24(15-13-23)29-26(31)25(22-6-2-1-3-7-22)28-18-20-8-10-21(11-9-20)19-30-16-4-5-17-30/h1-3,6-15,25,28H,4-5,16-19H2,(H,29,31)/t25-/m0/s1. The Bertz CT molecular complexity index is 968. The van der Waals surface area contributed by atoms with Crippen LogP contribution in [0.1, 0.15) is 35.6 Å². The normalized spacial score (nSPS) is 15.0. The van der Waals surface area contributed by atoms with Gasteiger partial charge in [-0.25, -0.2) is 4.39 Å². The molecule has 1 saturated heterocycles. The third-order valence-electron chi connectivity index (χ3n) is 5.64. The van der Waals surface area contributed by atoms with Crippen LogP contribution in [0.25, 0.3) is 0 Å². The molecule has 1 heterocycles. The minimum atomic E-state index is -0.518. The molecule has 0 saturated carbocycles. The van der Waals surface area contributed by atoms with Gasteiger partial charge in [-0.3, -0.25) is 15.0 Å². The van der Waals surface area contributed by atoms with E-state index in [4.69, 9.17) is 0 Å². The lowest BCUT2D eigenvalue weighted by molar-refractivity contribution is -0.118. The lowest BCUT2D eigenvalue weighted by Gasteiger charge is -2.19. The van der Waals surface area contributed by atoms with Crippen molar-refractivity contribution in [3.63, 3.8) is 0 Å². The van der Waals surface area contributed by atoms with Crippen molar-refractivity contribution in [3.05, 3.63) is 101 Å². The van der Waals surface area contributed by atoms with E-state index in [-0.39, 0.29) is 11.7 Å². The van der Waals surface area contributed by atoms with Crippen LogP contribution in [-0.2, 0) is 17.9 Å². The number of hydrogen-bond donors (Lipinski definition) is 2. The zero-order chi connectivity index (χ0) is 21.5. The Morgan fingerprint density at radius 3 is 2.19 bits per heavy atom. The maximum Gasteiger partial charge on any atom is 0.246 e. The van der Waals surface area contributed by atoms with Crippen LogP contribution in [0, 0.1) is 5.82 Å². The van der Waals surface area contributed by atoms with Gasteiger partial charge in [0.1, 0.15) is 11.9 Å². The SMILES string of the molecule is O=C(Nc1ccc(F)cc1)[C@@H](NCc1ccc(CN2CCCC2)cc1)c1ccccc1. The minimum Gasteiger partial charge on any atom is -0.324 e. The van der Waals surface area contributed by atoms with E-state index in [1.807, 2.05) is 30.3 Å². The average Bonchev–Trinajstić information content (AvgIpc) is 3.30. The second-order valence-corrected chi connectivity index (χ2v) is 8.02. The van der Waals surface area contributed by atoms with Crippen molar-refractivity contribution >= 4 is 11.6 Å². The molecule has 5 heteroatoms. The zero-order valence-electron chi connectivity index (χ0n) is 17.6. The summed E-state index contributed by atoms with van der Waals surface area (Å²) in [6.07, 6.45) is 2.59. The number of benzene rings is 3. The molecule has 1 aliphatic rings. The molecule has 1 fully saturated rings. The summed E-state index contributed by atoms with van der Waals surface area (Å²) in [6.45, 7) is 3.94. The van der Waals surface area contributed by atoms with Crippen molar-refractivity contribution in [2.24, 2.45) is 0 Å². The van der Waals surface area contributed by atoms with Gasteiger partial charge in [0.25, 0.3) is 0 Å². The summed E-state index contributed by atoms with van der Waals surface area (Å²) in [4.78, 5) is 15.5. The molecule has 0 bridgehead atoms. The molecule has 0 unspecified atom stereocenters. The molecule has 31 heavy (non-hydrogen) atoms. The van der Waals surface area contributed by atoms with E-state index in [0.29, 0.717) is 12.2 Å². The van der Waals surface area contributed by atoms with Gasteiger partial charge in [0.05, 0.1) is 0 Å². The molecule has 0 aromatic heterocycles. The summed E-state index contributed by atoms with van der Waals surface area (Å²) in [5, 5.41) is 6.26. The van der Waals surface area contributed by atoms with E-state index in [1.54, 1.807) is 12.1 Å². The van der Waals surface area contributed by atoms with Crippen molar-refractivity contribution in [1.29, 1.82) is 0 Å². The molecule has 1 aliphatic heterocycles. The quantitative estimate of drug-likeness (QED) is 0.548. The summed E-state index contributed by atoms with van der Waals surface area (Å²) < 4.78 is 13.2. The predicted octanol–water partition coefficient (Wildman–Crippen LogP) is 4.89. The molecular formula is C26H28FN3O. The number of nitrogens with zero attached hydrogens (tertiary/aromatic N) is 1. The second kappa shape index (κ2) is 10.3. The van der Waals surface area contributed by atoms with Gasteiger partial charge in [-0.1, -0.05) is 54.6 Å². The largest absolute Gasteiger partial charge is 0.324 e. The number of carbonyl (C=O) groups excluding carboxylic acids is 1. The van der Waals surface area contributed by atoms with Crippen LogP contribution >= 0.6 is 0 Å². The van der Waals surface area contributed by atoms with E-state index in [2.05, 4.69) is 39.8 Å². The molecule has 3 aromatic rings. The number of amides is 1. The maximum absolute atomic E-state index is 13.2. The highest BCUT2D eigenvalue weighted by molar-refractivity contribution is 5.95. The van der Waals surface area contributed by atoms with Crippen molar-refractivity contribution in [3.8, 4) is 0 Å². The van der Waals surface area contributed by atoms with E-state index >= 15 is 0 Å². The molecule has 0 aliphatic carbocycles. The van der Waals surface area contributed by atoms with Gasteiger partial charge in [0, 0.05) is 18.8 Å². The fraction of sp³-hybridized carbons (Fsp3) is 0.269. The van der Waals surface area contributed by atoms with Gasteiger partial charge in [-0.05, 0) is 66.9 Å². The molecule has 3 aromatic carbocycles. The minimum absolute atomic E-state index is 0.177. The van der Waals surface area contributed by atoms with E-state index in [0.717, 1.165) is 17.7 Å². The Morgan fingerprint density at radius 1 is 0.871 bits per heavy atom. The Morgan fingerprint density at radius 2 is 1.52 bits per heavy atom. The first kappa shape index (κ1) is 21.2. The first-order valence-electron chi connectivity index (χ1n) is 10.8. The van der Waals surface area contributed by atoms with Gasteiger partial charge in [-0.15, -0.1) is 0 Å². The predicted molar refractivity (Wildman–Crippen MR) is 122 cm³/mol. The Labute approximate surface area is 183 Å². The van der Waals surface area contributed by atoms with Gasteiger partial charge in [0.2, 0.25) is 5.91 Å². The lowest BCUT2D eigenvalue weighted by atomic mass is 10.0. The topological polar surface area (TPSA) is 44.4 Å². The molecule has 0 spiro atoms. The summed E-state index contributed by atoms with van der Waals surface area (Å²) in [5.41, 5.74) is 3.90. The van der Waals surface area contributed by atoms with Crippen molar-refractivity contribution in [2.45, 2.75) is 32.0 Å². The van der Waals surface area contributed by atoms with E-state index in [9.17, 15) is 9.18 Å². The first-order valence-corrected chi connectivity index (χ1v) is 10.8. The van der Waals surface area contributed by atoms with E-state index in [1.165, 1.54) is 43.6 Å². The Balaban J connectivity index is 1.41. The molecule has 160 valence electrons. The number of anilines is 1. The first-order chi connectivity index (χ1) is 15.2. The smallest absolute Gasteiger partial charge is 0.246 e. The number of halogens is 1. The van der Waals surface area contributed by atoms with Crippen LogP contribution in [0.4, 0.5) is 10.1 Å². The molecule has 2 N–H and O–H groups in total. The summed E-state index contributed by atoms with van der Waals surface area (Å²) in [5.74, 6) is -0.507. The average molecular weight is 418 g/mol. The van der Waals surface area contributed by atoms with Crippen LogP contribution in [0.15, 0.2) is 78.9 Å². The summed E-state index contributed by atoms with van der Waals surface area (Å²) in [7, 11) is 0. The third kappa shape index (κ3) is 6.00. The third-order valence-corrected chi connectivity index (χ3v) is 5.64. The number of likely N-dealkylation sites (tertiary alicyclic amines) is 1. The highest BCUT2D eigenvalue weighted by Gasteiger charge is 2.20. The van der Waals surface area contributed by atoms with Gasteiger partial charge in [0.15, 0.2) is 0 Å². The molecule has 1 atom stereocenters. The van der Waals surface area contributed by atoms with Crippen molar-refractivity contribution in [1.82, 2.24) is 10.2 Å². The van der Waals surface area contributed by atoms with Crippen LogP contribution in [0.2, 0.25) is 0 Å². The van der Waals surface area contributed by atoms with Gasteiger partial charge in [-0.2, -0.15) is 0 Å². The number of nitrogens with one attached hydrogen (secondary N) is 2. The fourth-order valence-electron chi connectivity index (χ4n) is 3.94. The Hall–Kier alpha value is -3.02. The van der Waals surface area contributed by atoms with Crippen LogP contribution in [-0.4, -0.2) is 23.9 Å². The van der Waals surface area contributed by atoms with Crippen LogP contribution in [0.3, 0.4) is 0 Å². The number of hydrogen-bond acceptors (Lipinski definition) is 3. The maximum atomic E-state index is 13.2. The van der Waals surface area contributed by atoms with Gasteiger partial charge < -0.3 is 5.32 Å². The van der Waals surface area contributed by atoms with Gasteiger partial charge >= 0.3 is 0 Å². The molecule has 4 rings (SSSR count). The number of rotatable bonds is 8. The lowest BCUT2D eigenvalue weighted by Crippen LogP contribution is -2.32. The molecule has 0 radical (unpaired) electrons. The zero-order valence-corrected chi connectivity index (χ0v) is 17.6. The van der Waals surface area contributed by atoms with Crippen molar-refractivity contribution in [2.75, 3.05) is 18.4 Å². The molecular weight excluding hydrogens is 389 g/mol. The highest BCUT2D eigenvalue weighted by Crippen LogP contribution is 2.18. The second-order valence-electron chi connectivity index (χ2n) is 8.02. The summed E-state index contributed by atoms with van der Waals surface area (Å²) >= 11 is 0. The Kier molecular flexibility index (Phi) is 7.07.